The minimum Gasteiger partial charge on any atom is -0.327 e. The number of nitrogens with one attached hydrogen (secondary N) is 1. The summed E-state index contributed by atoms with van der Waals surface area (Å²) in [6.45, 7) is 0.564. The Balaban J connectivity index is 2.38. The summed E-state index contributed by atoms with van der Waals surface area (Å²) in [4.78, 5) is 4.42. The minimum atomic E-state index is -3.26. The fourth-order valence-corrected chi connectivity index (χ4v) is 3.00. The van der Waals surface area contributed by atoms with Gasteiger partial charge in [-0.2, -0.15) is 0 Å². The zero-order valence-electron chi connectivity index (χ0n) is 11.2. The Morgan fingerprint density at radius 1 is 1.48 bits per heavy atom. The maximum atomic E-state index is 13.7. The molecule has 0 amide bonds. The van der Waals surface area contributed by atoms with Gasteiger partial charge in [0.05, 0.1) is 21.8 Å². The molecule has 2 rings (SSSR count). The Bertz CT molecular complexity index is 763. The number of imidazole rings is 1. The van der Waals surface area contributed by atoms with Crippen molar-refractivity contribution in [1.82, 2.24) is 14.3 Å². The van der Waals surface area contributed by atoms with Gasteiger partial charge in [-0.3, -0.25) is 0 Å². The first-order chi connectivity index (χ1) is 9.81. The van der Waals surface area contributed by atoms with Crippen LogP contribution in [0.25, 0.3) is 11.0 Å². The Morgan fingerprint density at radius 3 is 2.81 bits per heavy atom. The Morgan fingerprint density at radius 2 is 2.19 bits per heavy atom. The summed E-state index contributed by atoms with van der Waals surface area (Å²) in [5.41, 5.74) is 1.26. The zero-order chi connectivity index (χ0) is 15.6. The van der Waals surface area contributed by atoms with Crippen LogP contribution in [0.4, 0.5) is 4.39 Å². The van der Waals surface area contributed by atoms with Gasteiger partial charge in [-0.1, -0.05) is 0 Å². The molecule has 0 bridgehead atoms. The Labute approximate surface area is 135 Å². The number of aryl methyl sites for hydroxylation is 1. The number of sulfonamides is 1. The van der Waals surface area contributed by atoms with Gasteiger partial charge in [-0.05, 0) is 22.0 Å². The molecular formula is C12H14BrClFN3O2S. The molecule has 21 heavy (non-hydrogen) atoms. The van der Waals surface area contributed by atoms with E-state index in [0.717, 1.165) is 6.26 Å². The first-order valence-electron chi connectivity index (χ1n) is 6.16. The average molecular weight is 399 g/mol. The van der Waals surface area contributed by atoms with Crippen LogP contribution in [0.2, 0.25) is 0 Å². The fraction of sp³-hybridized carbons (Fsp3) is 0.417. The Kier molecular flexibility index (Phi) is 5.24. The summed E-state index contributed by atoms with van der Waals surface area (Å²) in [5, 5.41) is 0. The third-order valence-electron chi connectivity index (χ3n) is 2.89. The minimum absolute atomic E-state index is 0.206. The van der Waals surface area contributed by atoms with Crippen LogP contribution in [-0.2, 0) is 23.0 Å². The van der Waals surface area contributed by atoms with E-state index in [4.69, 9.17) is 11.6 Å². The molecule has 0 radical (unpaired) electrons. The quantitative estimate of drug-likeness (QED) is 0.759. The van der Waals surface area contributed by atoms with Crippen LogP contribution in [0.15, 0.2) is 16.6 Å². The maximum Gasteiger partial charge on any atom is 0.208 e. The van der Waals surface area contributed by atoms with Gasteiger partial charge < -0.3 is 4.57 Å². The predicted molar refractivity (Wildman–Crippen MR) is 84.7 cm³/mol. The lowest BCUT2D eigenvalue weighted by atomic mass is 10.3. The molecule has 0 saturated heterocycles. The van der Waals surface area contributed by atoms with Crippen molar-refractivity contribution in [3.05, 3.63) is 28.2 Å². The van der Waals surface area contributed by atoms with E-state index in [2.05, 4.69) is 25.6 Å². The van der Waals surface area contributed by atoms with Gasteiger partial charge in [-0.15, -0.1) is 11.6 Å². The van der Waals surface area contributed by atoms with Crippen molar-refractivity contribution in [2.24, 2.45) is 0 Å². The fourth-order valence-electron chi connectivity index (χ4n) is 2.04. The highest BCUT2D eigenvalue weighted by Gasteiger charge is 2.13. The Hall–Kier alpha value is -0.700. The number of fused-ring (bicyclic) bond motifs is 1. The molecule has 0 aliphatic heterocycles. The second kappa shape index (κ2) is 6.60. The highest BCUT2D eigenvalue weighted by atomic mass is 79.9. The number of aromatic nitrogens is 2. The third kappa shape index (κ3) is 4.15. The van der Waals surface area contributed by atoms with Crippen LogP contribution >= 0.6 is 27.5 Å². The standard InChI is InChI=1S/C12H14BrClFN3O2S/c1-21(19,20)16-4-5-18-11-7-9(15)8(13)6-10(11)17-12(18)2-3-14/h6-7,16H,2-5H2,1H3. The summed E-state index contributed by atoms with van der Waals surface area (Å²) < 4.78 is 40.5. The van der Waals surface area contributed by atoms with E-state index in [1.807, 2.05) is 0 Å². The molecule has 116 valence electrons. The number of alkyl halides is 1. The smallest absolute Gasteiger partial charge is 0.208 e. The molecule has 1 heterocycles. The van der Waals surface area contributed by atoms with Crippen LogP contribution in [0.3, 0.4) is 0 Å². The van der Waals surface area contributed by atoms with Gasteiger partial charge in [0.1, 0.15) is 11.6 Å². The first kappa shape index (κ1) is 16.7. The number of hydrogen-bond donors (Lipinski definition) is 1. The number of hydrogen-bond acceptors (Lipinski definition) is 3. The second-order valence-electron chi connectivity index (χ2n) is 4.54. The molecule has 9 heteroatoms. The molecule has 0 fully saturated rings. The maximum absolute atomic E-state index is 13.7. The van der Waals surface area contributed by atoms with Crippen molar-refractivity contribution in [3.63, 3.8) is 0 Å². The molecular weight excluding hydrogens is 385 g/mol. The average Bonchev–Trinajstić information content (AvgIpc) is 2.67. The highest BCUT2D eigenvalue weighted by Crippen LogP contribution is 2.24. The van der Waals surface area contributed by atoms with E-state index in [1.54, 1.807) is 10.6 Å². The molecule has 0 aliphatic rings. The summed E-state index contributed by atoms with van der Waals surface area (Å²) in [7, 11) is -3.26. The van der Waals surface area contributed by atoms with Gasteiger partial charge in [0, 0.05) is 31.5 Å². The molecule has 0 saturated carbocycles. The molecule has 0 spiro atoms. The normalized spacial score (nSPS) is 12.2. The topological polar surface area (TPSA) is 64.0 Å². The molecule has 1 N–H and O–H groups in total. The highest BCUT2D eigenvalue weighted by molar-refractivity contribution is 9.10. The van der Waals surface area contributed by atoms with E-state index in [9.17, 15) is 12.8 Å². The largest absolute Gasteiger partial charge is 0.327 e. The number of benzene rings is 1. The van der Waals surface area contributed by atoms with Crippen molar-refractivity contribution in [2.75, 3.05) is 18.7 Å². The lowest BCUT2D eigenvalue weighted by Crippen LogP contribution is -2.26. The van der Waals surface area contributed by atoms with E-state index in [0.29, 0.717) is 40.2 Å². The van der Waals surface area contributed by atoms with Crippen molar-refractivity contribution in [3.8, 4) is 0 Å². The first-order valence-corrected chi connectivity index (χ1v) is 9.38. The summed E-state index contributed by atoms with van der Waals surface area (Å²) in [5.74, 6) is 0.692. The number of nitrogens with zero attached hydrogens (tertiary/aromatic N) is 2. The van der Waals surface area contributed by atoms with Crippen LogP contribution in [0, 0.1) is 5.82 Å². The van der Waals surface area contributed by atoms with Crippen LogP contribution in [-0.4, -0.2) is 36.6 Å². The third-order valence-corrected chi connectivity index (χ3v) is 4.41. The molecule has 0 aliphatic carbocycles. The van der Waals surface area contributed by atoms with E-state index in [1.165, 1.54) is 6.07 Å². The van der Waals surface area contributed by atoms with Crippen molar-refractivity contribution < 1.29 is 12.8 Å². The monoisotopic (exact) mass is 397 g/mol. The van der Waals surface area contributed by atoms with Crippen LogP contribution in [0.1, 0.15) is 5.82 Å². The van der Waals surface area contributed by atoms with Crippen molar-refractivity contribution >= 4 is 48.6 Å². The van der Waals surface area contributed by atoms with E-state index < -0.39 is 15.8 Å². The van der Waals surface area contributed by atoms with Gasteiger partial charge in [0.25, 0.3) is 0 Å². The zero-order valence-corrected chi connectivity index (χ0v) is 14.4. The molecule has 1 aromatic carbocycles. The molecule has 0 atom stereocenters. The summed E-state index contributed by atoms with van der Waals surface area (Å²) >= 11 is 8.88. The van der Waals surface area contributed by atoms with Gasteiger partial charge >= 0.3 is 0 Å². The van der Waals surface area contributed by atoms with Crippen LogP contribution < -0.4 is 4.72 Å². The van der Waals surface area contributed by atoms with Gasteiger partial charge in [0.2, 0.25) is 10.0 Å². The van der Waals surface area contributed by atoms with Crippen LogP contribution in [0.5, 0.6) is 0 Å². The molecule has 1 aromatic heterocycles. The molecule has 2 aromatic rings. The summed E-state index contributed by atoms with van der Waals surface area (Å²) in [6.07, 6.45) is 1.61. The SMILES string of the molecule is CS(=O)(=O)NCCn1c(CCCl)nc2cc(Br)c(F)cc21. The summed E-state index contributed by atoms with van der Waals surface area (Å²) in [6, 6.07) is 2.98. The van der Waals surface area contributed by atoms with Crippen molar-refractivity contribution in [2.45, 2.75) is 13.0 Å². The number of halogens is 3. The van der Waals surface area contributed by atoms with Gasteiger partial charge in [-0.25, -0.2) is 22.5 Å². The second-order valence-corrected chi connectivity index (χ2v) is 7.61. The number of rotatable bonds is 6. The molecule has 5 nitrogen and oxygen atoms in total. The molecule has 0 unspecified atom stereocenters. The lowest BCUT2D eigenvalue weighted by Gasteiger charge is -2.09. The lowest BCUT2D eigenvalue weighted by molar-refractivity contribution is 0.577. The predicted octanol–water partition coefficient (Wildman–Crippen LogP) is 2.27. The van der Waals surface area contributed by atoms with E-state index in [-0.39, 0.29) is 6.54 Å². The van der Waals surface area contributed by atoms with Gasteiger partial charge in [0.15, 0.2) is 0 Å². The van der Waals surface area contributed by atoms with E-state index >= 15 is 0 Å². The van der Waals surface area contributed by atoms with Crippen molar-refractivity contribution in [1.29, 1.82) is 0 Å².